The van der Waals surface area contributed by atoms with Gasteiger partial charge in [-0.3, -0.25) is 0 Å². The van der Waals surface area contributed by atoms with Crippen LogP contribution in [0.4, 0.5) is 0 Å². The third kappa shape index (κ3) is 3.73. The van der Waals surface area contributed by atoms with E-state index in [-0.39, 0.29) is 0 Å². The van der Waals surface area contributed by atoms with E-state index in [4.69, 9.17) is 11.6 Å². The molecule has 1 aliphatic carbocycles. The molecule has 1 saturated carbocycles. The molecule has 0 aromatic heterocycles. The number of benzene rings is 1. The first-order chi connectivity index (χ1) is 8.83. The Balaban J connectivity index is 1.74. The molecule has 2 rings (SSSR count). The maximum absolute atomic E-state index is 6.00. The zero-order chi connectivity index (χ0) is 12.8. The Hall–Kier alpha value is -0.530. The first kappa shape index (κ1) is 13.9. The molecule has 0 spiro atoms. The minimum atomic E-state index is 0.738. The van der Waals surface area contributed by atoms with E-state index in [0.717, 1.165) is 37.2 Å². The Labute approximate surface area is 116 Å². The minimum Gasteiger partial charge on any atom is -0.312 e. The molecule has 1 nitrogen and oxygen atoms in total. The third-order valence-electron chi connectivity index (χ3n) is 4.18. The molecule has 2 atom stereocenters. The molecule has 0 radical (unpaired) electrons. The standard InChI is InChI=1S/C16H24ClN/c1-2-13-6-8-14(9-7-13)11-18-12-16-5-3-4-15(16)10-17/h6-9,15-16,18H,2-5,10-12H2,1H3. The first-order valence-electron chi connectivity index (χ1n) is 7.18. The average molecular weight is 266 g/mol. The van der Waals surface area contributed by atoms with Crippen LogP contribution in [0, 0.1) is 11.8 Å². The summed E-state index contributed by atoms with van der Waals surface area (Å²) in [5, 5.41) is 3.59. The molecule has 0 heterocycles. The highest BCUT2D eigenvalue weighted by molar-refractivity contribution is 6.18. The van der Waals surface area contributed by atoms with E-state index in [2.05, 4.69) is 36.5 Å². The Kier molecular flexibility index (Phi) is 5.52. The number of alkyl halides is 1. The lowest BCUT2D eigenvalue weighted by Gasteiger charge is -2.17. The van der Waals surface area contributed by atoms with E-state index in [0.29, 0.717) is 0 Å². The molecule has 1 aromatic carbocycles. The highest BCUT2D eigenvalue weighted by Crippen LogP contribution is 2.31. The smallest absolute Gasteiger partial charge is 0.0254 e. The fourth-order valence-electron chi connectivity index (χ4n) is 2.88. The van der Waals surface area contributed by atoms with E-state index in [1.54, 1.807) is 0 Å². The van der Waals surface area contributed by atoms with Crippen molar-refractivity contribution in [1.29, 1.82) is 0 Å². The van der Waals surface area contributed by atoms with Crippen molar-refractivity contribution in [2.24, 2.45) is 11.8 Å². The lowest BCUT2D eigenvalue weighted by molar-refractivity contribution is 0.395. The molecule has 2 unspecified atom stereocenters. The van der Waals surface area contributed by atoms with Crippen LogP contribution in [0.5, 0.6) is 0 Å². The summed E-state index contributed by atoms with van der Waals surface area (Å²) in [5.41, 5.74) is 2.80. The topological polar surface area (TPSA) is 12.0 Å². The molecule has 1 aliphatic rings. The zero-order valence-electron chi connectivity index (χ0n) is 11.3. The second-order valence-corrected chi connectivity index (χ2v) is 5.71. The Morgan fingerprint density at radius 2 is 1.78 bits per heavy atom. The third-order valence-corrected chi connectivity index (χ3v) is 4.58. The summed E-state index contributed by atoms with van der Waals surface area (Å²) >= 11 is 6.00. The van der Waals surface area contributed by atoms with Gasteiger partial charge in [-0.2, -0.15) is 0 Å². The van der Waals surface area contributed by atoms with Gasteiger partial charge in [0.15, 0.2) is 0 Å². The number of rotatable bonds is 6. The van der Waals surface area contributed by atoms with Crippen LogP contribution in [0.25, 0.3) is 0 Å². The van der Waals surface area contributed by atoms with Gasteiger partial charge in [0.1, 0.15) is 0 Å². The SMILES string of the molecule is CCc1ccc(CNCC2CCCC2CCl)cc1. The first-order valence-corrected chi connectivity index (χ1v) is 7.71. The molecule has 0 bridgehead atoms. The lowest BCUT2D eigenvalue weighted by atomic mass is 9.98. The van der Waals surface area contributed by atoms with Crippen molar-refractivity contribution in [2.45, 2.75) is 39.2 Å². The van der Waals surface area contributed by atoms with Crippen molar-refractivity contribution >= 4 is 11.6 Å². The van der Waals surface area contributed by atoms with Crippen LogP contribution in [0.1, 0.15) is 37.3 Å². The number of hydrogen-bond acceptors (Lipinski definition) is 1. The molecule has 100 valence electrons. The van der Waals surface area contributed by atoms with Crippen molar-refractivity contribution < 1.29 is 0 Å². The van der Waals surface area contributed by atoms with Crippen LogP contribution >= 0.6 is 11.6 Å². The molecule has 1 fully saturated rings. The van der Waals surface area contributed by atoms with Crippen molar-refractivity contribution in [3.63, 3.8) is 0 Å². The van der Waals surface area contributed by atoms with E-state index >= 15 is 0 Å². The summed E-state index contributed by atoms with van der Waals surface area (Å²) in [6.07, 6.45) is 5.14. The predicted molar refractivity (Wildman–Crippen MR) is 79.1 cm³/mol. The van der Waals surface area contributed by atoms with Crippen LogP contribution in [-0.4, -0.2) is 12.4 Å². The highest BCUT2D eigenvalue weighted by Gasteiger charge is 2.25. The number of hydrogen-bond donors (Lipinski definition) is 1. The van der Waals surface area contributed by atoms with Crippen molar-refractivity contribution in [3.05, 3.63) is 35.4 Å². The molecule has 1 aromatic rings. The number of aryl methyl sites for hydroxylation is 1. The zero-order valence-corrected chi connectivity index (χ0v) is 12.0. The predicted octanol–water partition coefficient (Wildman–Crippen LogP) is 3.99. The molecule has 0 amide bonds. The summed E-state index contributed by atoms with van der Waals surface area (Å²) in [6, 6.07) is 8.93. The maximum Gasteiger partial charge on any atom is 0.0254 e. The second kappa shape index (κ2) is 7.16. The van der Waals surface area contributed by atoms with Crippen molar-refractivity contribution in [2.75, 3.05) is 12.4 Å². The largest absolute Gasteiger partial charge is 0.312 e. The van der Waals surface area contributed by atoms with E-state index in [1.165, 1.54) is 30.4 Å². The van der Waals surface area contributed by atoms with E-state index < -0.39 is 0 Å². The van der Waals surface area contributed by atoms with Crippen LogP contribution in [0.2, 0.25) is 0 Å². The van der Waals surface area contributed by atoms with Crippen LogP contribution in [-0.2, 0) is 13.0 Å². The summed E-state index contributed by atoms with van der Waals surface area (Å²) in [5.74, 6) is 2.36. The van der Waals surface area contributed by atoms with Gasteiger partial charge < -0.3 is 5.32 Å². The van der Waals surface area contributed by atoms with E-state index in [9.17, 15) is 0 Å². The van der Waals surface area contributed by atoms with Crippen LogP contribution in [0.15, 0.2) is 24.3 Å². The van der Waals surface area contributed by atoms with Crippen molar-refractivity contribution in [3.8, 4) is 0 Å². The van der Waals surface area contributed by atoms with Gasteiger partial charge in [0.25, 0.3) is 0 Å². The Bertz CT molecular complexity index is 347. The van der Waals surface area contributed by atoms with Gasteiger partial charge in [-0.05, 0) is 48.8 Å². The lowest BCUT2D eigenvalue weighted by Crippen LogP contribution is -2.25. The second-order valence-electron chi connectivity index (χ2n) is 5.41. The highest BCUT2D eigenvalue weighted by atomic mass is 35.5. The van der Waals surface area contributed by atoms with Crippen molar-refractivity contribution in [1.82, 2.24) is 5.32 Å². The van der Waals surface area contributed by atoms with Gasteiger partial charge in [-0.25, -0.2) is 0 Å². The Morgan fingerprint density at radius 3 is 2.44 bits per heavy atom. The summed E-state index contributed by atoms with van der Waals surface area (Å²) in [7, 11) is 0. The van der Waals surface area contributed by atoms with Gasteiger partial charge in [0.05, 0.1) is 0 Å². The molecule has 0 aliphatic heterocycles. The minimum absolute atomic E-state index is 0.738. The normalized spacial score (nSPS) is 23.4. The van der Waals surface area contributed by atoms with Gasteiger partial charge >= 0.3 is 0 Å². The molecule has 0 saturated heterocycles. The van der Waals surface area contributed by atoms with Gasteiger partial charge in [-0.15, -0.1) is 11.6 Å². The van der Waals surface area contributed by atoms with Gasteiger partial charge in [0, 0.05) is 12.4 Å². The molecule has 18 heavy (non-hydrogen) atoms. The van der Waals surface area contributed by atoms with E-state index in [1.807, 2.05) is 0 Å². The summed E-state index contributed by atoms with van der Waals surface area (Å²) in [6.45, 7) is 4.29. The van der Waals surface area contributed by atoms with Crippen LogP contribution in [0.3, 0.4) is 0 Å². The molecule has 1 N–H and O–H groups in total. The van der Waals surface area contributed by atoms with Gasteiger partial charge in [-0.1, -0.05) is 37.6 Å². The average Bonchev–Trinajstić information content (AvgIpc) is 2.87. The summed E-state index contributed by atoms with van der Waals surface area (Å²) < 4.78 is 0. The fourth-order valence-corrected chi connectivity index (χ4v) is 3.29. The molecular weight excluding hydrogens is 242 g/mol. The summed E-state index contributed by atoms with van der Waals surface area (Å²) in [4.78, 5) is 0. The molecular formula is C16H24ClN. The quantitative estimate of drug-likeness (QED) is 0.767. The van der Waals surface area contributed by atoms with Crippen LogP contribution < -0.4 is 5.32 Å². The molecule has 2 heteroatoms. The fraction of sp³-hybridized carbons (Fsp3) is 0.625. The Morgan fingerprint density at radius 1 is 1.11 bits per heavy atom. The number of nitrogens with one attached hydrogen (secondary N) is 1. The number of halogens is 1. The maximum atomic E-state index is 6.00. The monoisotopic (exact) mass is 265 g/mol. The van der Waals surface area contributed by atoms with Gasteiger partial charge in [0.2, 0.25) is 0 Å².